The Labute approximate surface area is 271 Å². The number of hydrogen-bond donors (Lipinski definition) is 0. The molecule has 1 heteroatoms. The fourth-order valence-corrected chi connectivity index (χ4v) is 10.1. The second-order valence-electron chi connectivity index (χ2n) is 15.8. The summed E-state index contributed by atoms with van der Waals surface area (Å²) >= 11 is 0. The molecule has 0 amide bonds. The molecular formula is C42H71P. The third-order valence-electron chi connectivity index (χ3n) is 12.1. The maximum absolute atomic E-state index is 4.88. The topological polar surface area (TPSA) is 0 Å². The Kier molecular flexibility index (Phi) is 14.6. The first-order valence-electron chi connectivity index (χ1n) is 18.7. The van der Waals surface area contributed by atoms with Crippen LogP contribution in [0.1, 0.15) is 179 Å². The molecule has 43 heavy (non-hydrogen) atoms. The van der Waals surface area contributed by atoms with Gasteiger partial charge in [0, 0.05) is 0 Å². The van der Waals surface area contributed by atoms with Crippen LogP contribution in [0.5, 0.6) is 0 Å². The van der Waals surface area contributed by atoms with Crippen molar-refractivity contribution < 1.29 is 0 Å². The molecule has 1 aromatic rings. The molecule has 1 saturated carbocycles. The zero-order chi connectivity index (χ0) is 31.5. The van der Waals surface area contributed by atoms with Gasteiger partial charge in [0.25, 0.3) is 0 Å². The lowest BCUT2D eigenvalue weighted by Gasteiger charge is -2.56. The minimum absolute atomic E-state index is 0.326. The van der Waals surface area contributed by atoms with E-state index in [2.05, 4.69) is 73.3 Å². The van der Waals surface area contributed by atoms with Gasteiger partial charge in [0.2, 0.25) is 0 Å². The van der Waals surface area contributed by atoms with Gasteiger partial charge >= 0.3 is 0 Å². The van der Waals surface area contributed by atoms with E-state index in [0.29, 0.717) is 22.2 Å². The molecule has 1 aromatic carbocycles. The molecular weight excluding hydrogens is 535 g/mol. The van der Waals surface area contributed by atoms with Gasteiger partial charge in [-0.15, -0.1) is 8.58 Å². The van der Waals surface area contributed by atoms with Crippen LogP contribution in [0.2, 0.25) is 0 Å². The van der Waals surface area contributed by atoms with Crippen LogP contribution in [-0.2, 0) is 19.3 Å². The van der Waals surface area contributed by atoms with Crippen LogP contribution in [0.4, 0.5) is 0 Å². The summed E-state index contributed by atoms with van der Waals surface area (Å²) in [5, 5.41) is 0. The summed E-state index contributed by atoms with van der Waals surface area (Å²) in [7, 11) is 1.03. The van der Waals surface area contributed by atoms with Crippen molar-refractivity contribution in [2.75, 3.05) is 12.8 Å². The fraction of sp³-hybridized carbons (Fsp3) is 0.762. The number of benzene rings is 1. The predicted octanol–water partition coefficient (Wildman–Crippen LogP) is 13.6. The smallest absolute Gasteiger partial charge is 0.00507 e. The van der Waals surface area contributed by atoms with Crippen LogP contribution >= 0.6 is 8.58 Å². The minimum atomic E-state index is 0.326. The average Bonchev–Trinajstić information content (AvgIpc) is 2.97. The molecule has 1 fully saturated rings. The molecule has 0 saturated heterocycles. The Hall–Kier alpha value is -0.870. The summed E-state index contributed by atoms with van der Waals surface area (Å²) in [5.74, 6) is 0.647. The second-order valence-corrected chi connectivity index (χ2v) is 16.9. The van der Waals surface area contributed by atoms with Crippen molar-refractivity contribution in [1.82, 2.24) is 0 Å². The Bertz CT molecular complexity index is 1020. The third kappa shape index (κ3) is 9.11. The lowest BCUT2D eigenvalue weighted by atomic mass is 9.48. The minimum Gasteiger partial charge on any atom is -0.124 e. The van der Waals surface area contributed by atoms with Crippen molar-refractivity contribution in [1.29, 1.82) is 0 Å². The van der Waals surface area contributed by atoms with Crippen molar-refractivity contribution >= 4 is 8.58 Å². The Morgan fingerprint density at radius 1 is 0.884 bits per heavy atom. The highest BCUT2D eigenvalue weighted by Gasteiger charge is 2.52. The molecule has 3 aliphatic rings. The first-order valence-corrected chi connectivity index (χ1v) is 20.4. The zero-order valence-electron chi connectivity index (χ0n) is 30.2. The molecule has 0 nitrogen and oxygen atoms in total. The molecule has 3 atom stereocenters. The van der Waals surface area contributed by atoms with Crippen LogP contribution in [0.3, 0.4) is 0 Å². The molecule has 4 rings (SSSR count). The second kappa shape index (κ2) is 17.2. The quantitative estimate of drug-likeness (QED) is 0.112. The summed E-state index contributed by atoms with van der Waals surface area (Å²) in [4.78, 5) is 0. The highest BCUT2D eigenvalue weighted by Crippen LogP contribution is 2.62. The maximum Gasteiger partial charge on any atom is -0.00507 e. The van der Waals surface area contributed by atoms with Crippen LogP contribution < -0.4 is 0 Å². The van der Waals surface area contributed by atoms with E-state index in [1.807, 2.05) is 0 Å². The molecule has 0 spiro atoms. The van der Waals surface area contributed by atoms with Gasteiger partial charge in [-0.3, -0.25) is 0 Å². The summed E-state index contributed by atoms with van der Waals surface area (Å²) in [6, 6.07) is 5.28. The van der Waals surface area contributed by atoms with Crippen LogP contribution in [-0.4, -0.2) is 12.8 Å². The van der Waals surface area contributed by atoms with Crippen molar-refractivity contribution in [3.63, 3.8) is 0 Å². The van der Waals surface area contributed by atoms with Gasteiger partial charge in [0.15, 0.2) is 0 Å². The zero-order valence-corrected chi connectivity index (χ0v) is 31.2. The largest absolute Gasteiger partial charge is 0.124 e. The van der Waals surface area contributed by atoms with Gasteiger partial charge < -0.3 is 0 Å². The summed E-state index contributed by atoms with van der Waals surface area (Å²) in [6.45, 7) is 24.2. The van der Waals surface area contributed by atoms with Crippen LogP contribution in [0.15, 0.2) is 35.9 Å². The van der Waals surface area contributed by atoms with Crippen LogP contribution in [0, 0.1) is 16.2 Å². The van der Waals surface area contributed by atoms with Gasteiger partial charge in [-0.05, 0) is 116 Å². The van der Waals surface area contributed by atoms with E-state index in [4.69, 9.17) is 6.58 Å². The van der Waals surface area contributed by atoms with Gasteiger partial charge in [-0.2, -0.15) is 0 Å². The van der Waals surface area contributed by atoms with Gasteiger partial charge in [-0.1, -0.05) is 148 Å². The third-order valence-corrected chi connectivity index (χ3v) is 13.1. The van der Waals surface area contributed by atoms with Crippen LogP contribution in [0.25, 0.3) is 0 Å². The van der Waals surface area contributed by atoms with E-state index >= 15 is 0 Å². The van der Waals surface area contributed by atoms with Gasteiger partial charge in [0.05, 0.1) is 0 Å². The Morgan fingerprint density at radius 3 is 2.12 bits per heavy atom. The molecule has 0 N–H and O–H groups in total. The van der Waals surface area contributed by atoms with E-state index in [9.17, 15) is 0 Å². The number of unbranched alkanes of at least 4 members (excludes halogenated alkanes) is 7. The number of allylic oxidation sites excluding steroid dienone is 3. The van der Waals surface area contributed by atoms with Crippen molar-refractivity contribution in [2.24, 2.45) is 16.2 Å². The van der Waals surface area contributed by atoms with Crippen molar-refractivity contribution in [3.05, 3.63) is 58.2 Å². The van der Waals surface area contributed by atoms with Crippen molar-refractivity contribution in [2.45, 2.75) is 176 Å². The van der Waals surface area contributed by atoms with E-state index < -0.39 is 0 Å². The highest BCUT2D eigenvalue weighted by atomic mass is 31.1. The first-order chi connectivity index (χ1) is 20.6. The summed E-state index contributed by atoms with van der Waals surface area (Å²) < 4.78 is 0. The Morgan fingerprint density at radius 2 is 1.51 bits per heavy atom. The SMILES string of the molecule is C=C(Cc1cc(CCCCC)cc2c1C1CC(C)=CCC1(C)C(C)(C)C2)C1(CPC)CCCCC1.CCCCCCCC. The molecule has 0 aromatic heterocycles. The molecule has 3 unspecified atom stereocenters. The number of rotatable bonds is 14. The van der Waals surface area contributed by atoms with Gasteiger partial charge in [0.1, 0.15) is 0 Å². The highest BCUT2D eigenvalue weighted by molar-refractivity contribution is 7.37. The van der Waals surface area contributed by atoms with E-state index in [1.165, 1.54) is 122 Å². The molecule has 0 bridgehead atoms. The number of hydrogen-bond acceptors (Lipinski definition) is 0. The van der Waals surface area contributed by atoms with E-state index in [1.54, 1.807) is 33.4 Å². The van der Waals surface area contributed by atoms with E-state index in [0.717, 1.165) is 15.0 Å². The number of aryl methyl sites for hydroxylation is 1. The van der Waals surface area contributed by atoms with Crippen molar-refractivity contribution in [3.8, 4) is 0 Å². The van der Waals surface area contributed by atoms with Gasteiger partial charge in [-0.25, -0.2) is 0 Å². The lowest BCUT2D eigenvalue weighted by Crippen LogP contribution is -2.47. The van der Waals surface area contributed by atoms with E-state index in [-0.39, 0.29) is 0 Å². The molecule has 3 aliphatic carbocycles. The predicted molar refractivity (Wildman–Crippen MR) is 198 cm³/mol. The first kappa shape index (κ1) is 36.6. The summed E-state index contributed by atoms with van der Waals surface area (Å²) in [6.07, 6.45) is 29.4. The monoisotopic (exact) mass is 607 g/mol. The molecule has 0 radical (unpaired) electrons. The lowest BCUT2D eigenvalue weighted by molar-refractivity contribution is 0.0371. The number of fused-ring (bicyclic) bond motifs is 3. The summed E-state index contributed by atoms with van der Waals surface area (Å²) in [5.41, 5.74) is 10.9. The average molecular weight is 607 g/mol. The molecule has 0 aliphatic heterocycles. The Balaban J connectivity index is 0.000000557. The standard InChI is InChI=1S/C34H53P.C8H18/c1-8-9-11-14-27-21-28(20-26(3)34(24-35-7)16-12-10-13-17-34)31-29(22-27)23-32(4,5)33(6)18-15-25(2)19-30(31)33;1-3-5-7-8-6-4-2/h15,21-22,30,35H,3,8-14,16-20,23-24H2,1-2,4-7H3;3-8H2,1-2H3. The normalized spacial score (nSPS) is 24.1. The molecule has 244 valence electrons. The maximum atomic E-state index is 4.88. The fourth-order valence-electron chi connectivity index (χ4n) is 8.81. The molecule has 0 heterocycles.